The molecule has 10 heteroatoms. The summed E-state index contributed by atoms with van der Waals surface area (Å²) in [7, 11) is 1.46. The number of thioether (sulfide) groups is 1. The summed E-state index contributed by atoms with van der Waals surface area (Å²) in [5.41, 5.74) is 0.158. The Labute approximate surface area is 186 Å². The molecular formula is C21H19ClF3N3O2S. The Bertz CT molecular complexity index is 996. The van der Waals surface area contributed by atoms with E-state index in [1.807, 2.05) is 12.1 Å². The van der Waals surface area contributed by atoms with Gasteiger partial charge in [-0.25, -0.2) is 4.99 Å². The highest BCUT2D eigenvalue weighted by molar-refractivity contribution is 8.15. The minimum absolute atomic E-state index is 0.0213. The third-order valence-corrected chi connectivity index (χ3v) is 6.05. The number of alkyl halides is 3. The van der Waals surface area contributed by atoms with Crippen LogP contribution in [-0.2, 0) is 22.2 Å². The molecule has 164 valence electrons. The Hall–Kier alpha value is -2.52. The number of aliphatic imine (C=N–C) groups is 1. The van der Waals surface area contributed by atoms with Crippen molar-refractivity contribution < 1.29 is 22.8 Å². The van der Waals surface area contributed by atoms with Crippen LogP contribution in [0.15, 0.2) is 53.5 Å². The summed E-state index contributed by atoms with van der Waals surface area (Å²) in [4.78, 5) is 30.6. The second kappa shape index (κ2) is 9.74. The molecular weight excluding hydrogens is 451 g/mol. The topological polar surface area (TPSA) is 61.8 Å². The van der Waals surface area contributed by atoms with Crippen molar-refractivity contribution >= 4 is 46.0 Å². The quantitative estimate of drug-likeness (QED) is 0.692. The van der Waals surface area contributed by atoms with Crippen LogP contribution in [0.2, 0.25) is 5.02 Å². The zero-order valence-electron chi connectivity index (χ0n) is 16.4. The monoisotopic (exact) mass is 469 g/mol. The first kappa shape index (κ1) is 23.1. The Balaban J connectivity index is 1.89. The first-order chi connectivity index (χ1) is 14.7. The zero-order chi connectivity index (χ0) is 22.6. The fourth-order valence-corrected chi connectivity index (χ4v) is 4.29. The molecule has 0 spiro atoms. The molecule has 31 heavy (non-hydrogen) atoms. The maximum Gasteiger partial charge on any atom is 0.416 e. The van der Waals surface area contributed by atoms with Gasteiger partial charge in [0.1, 0.15) is 0 Å². The molecule has 1 saturated heterocycles. The molecule has 2 aromatic rings. The SMILES string of the molecule is CNC(=O)[C@@H]1CC(=O)N(CCc2ccc(Cl)cc2)C(=Nc2cccc(C(F)(F)F)c2)S1. The van der Waals surface area contributed by atoms with Gasteiger partial charge in [0, 0.05) is 25.0 Å². The second-order valence-corrected chi connectivity index (χ2v) is 8.40. The van der Waals surface area contributed by atoms with Gasteiger partial charge in [-0.2, -0.15) is 13.2 Å². The van der Waals surface area contributed by atoms with E-state index in [1.165, 1.54) is 24.1 Å². The molecule has 0 bridgehead atoms. The van der Waals surface area contributed by atoms with E-state index in [0.717, 1.165) is 29.5 Å². The van der Waals surface area contributed by atoms with Crippen LogP contribution < -0.4 is 5.32 Å². The summed E-state index contributed by atoms with van der Waals surface area (Å²) in [6, 6.07) is 11.7. The Morgan fingerprint density at radius 1 is 1.26 bits per heavy atom. The van der Waals surface area contributed by atoms with E-state index in [9.17, 15) is 22.8 Å². The van der Waals surface area contributed by atoms with Gasteiger partial charge in [-0.05, 0) is 42.3 Å². The highest BCUT2D eigenvalue weighted by Gasteiger charge is 2.35. The van der Waals surface area contributed by atoms with E-state index in [1.54, 1.807) is 12.1 Å². The number of hydrogen-bond donors (Lipinski definition) is 1. The largest absolute Gasteiger partial charge is 0.416 e. The lowest BCUT2D eigenvalue weighted by Gasteiger charge is -2.31. The normalized spacial score (nSPS) is 18.4. The molecule has 0 radical (unpaired) electrons. The van der Waals surface area contributed by atoms with Gasteiger partial charge in [-0.15, -0.1) is 0 Å². The van der Waals surface area contributed by atoms with E-state index in [-0.39, 0.29) is 35.6 Å². The van der Waals surface area contributed by atoms with Crippen LogP contribution in [0.4, 0.5) is 18.9 Å². The number of benzene rings is 2. The Morgan fingerprint density at radius 2 is 1.97 bits per heavy atom. The van der Waals surface area contributed by atoms with Crippen LogP contribution in [-0.4, -0.2) is 40.7 Å². The van der Waals surface area contributed by atoms with Crippen LogP contribution >= 0.6 is 23.4 Å². The third-order valence-electron chi connectivity index (χ3n) is 4.61. The fourth-order valence-electron chi connectivity index (χ4n) is 2.98. The number of nitrogens with zero attached hydrogens (tertiary/aromatic N) is 2. The van der Waals surface area contributed by atoms with Crippen molar-refractivity contribution in [2.45, 2.75) is 24.3 Å². The lowest BCUT2D eigenvalue weighted by Crippen LogP contribution is -2.46. The van der Waals surface area contributed by atoms with Crippen LogP contribution in [0.5, 0.6) is 0 Å². The van der Waals surface area contributed by atoms with Crippen LogP contribution in [0.1, 0.15) is 17.5 Å². The second-order valence-electron chi connectivity index (χ2n) is 6.79. The molecule has 1 heterocycles. The number of carbonyl (C=O) groups excluding carboxylic acids is 2. The van der Waals surface area contributed by atoms with Crippen LogP contribution in [0.3, 0.4) is 0 Å². The molecule has 3 rings (SSSR count). The van der Waals surface area contributed by atoms with Crippen molar-refractivity contribution in [1.82, 2.24) is 10.2 Å². The van der Waals surface area contributed by atoms with Crippen LogP contribution in [0.25, 0.3) is 0 Å². The number of hydrogen-bond acceptors (Lipinski definition) is 4. The van der Waals surface area contributed by atoms with Crippen molar-refractivity contribution in [2.75, 3.05) is 13.6 Å². The van der Waals surface area contributed by atoms with Crippen molar-refractivity contribution in [3.63, 3.8) is 0 Å². The van der Waals surface area contributed by atoms with Gasteiger partial charge in [0.05, 0.1) is 16.5 Å². The summed E-state index contributed by atoms with van der Waals surface area (Å²) >= 11 is 6.96. The van der Waals surface area contributed by atoms with E-state index < -0.39 is 17.0 Å². The zero-order valence-corrected chi connectivity index (χ0v) is 18.0. The molecule has 0 aromatic heterocycles. The standard InChI is InChI=1S/C21H19ClF3N3O2S/c1-26-19(30)17-12-18(29)28(10-9-13-5-7-15(22)8-6-13)20(31-17)27-16-4-2-3-14(11-16)21(23,24)25/h2-8,11,17H,9-10,12H2,1H3,(H,26,30)/t17-/m0/s1. The molecule has 1 aliphatic rings. The average molecular weight is 470 g/mol. The van der Waals surface area contributed by atoms with Gasteiger partial charge < -0.3 is 5.32 Å². The molecule has 0 aliphatic carbocycles. The van der Waals surface area contributed by atoms with E-state index in [0.29, 0.717) is 11.4 Å². The van der Waals surface area contributed by atoms with E-state index >= 15 is 0 Å². The van der Waals surface area contributed by atoms with Crippen LogP contribution in [0, 0.1) is 0 Å². The average Bonchev–Trinajstić information content (AvgIpc) is 2.73. The molecule has 1 fully saturated rings. The molecule has 1 N–H and O–H groups in total. The maximum absolute atomic E-state index is 13.1. The fraction of sp³-hybridized carbons (Fsp3) is 0.286. The maximum atomic E-state index is 13.1. The molecule has 0 unspecified atom stereocenters. The van der Waals surface area contributed by atoms with E-state index in [4.69, 9.17) is 11.6 Å². The summed E-state index contributed by atoms with van der Waals surface area (Å²) < 4.78 is 39.2. The number of amides is 2. The summed E-state index contributed by atoms with van der Waals surface area (Å²) in [5.74, 6) is -0.653. The number of rotatable bonds is 5. The molecule has 1 atom stereocenters. The predicted molar refractivity (Wildman–Crippen MR) is 115 cm³/mol. The smallest absolute Gasteiger partial charge is 0.358 e. The van der Waals surface area contributed by atoms with Gasteiger partial charge in [0.25, 0.3) is 0 Å². The van der Waals surface area contributed by atoms with Gasteiger partial charge in [-0.1, -0.05) is 41.6 Å². The minimum Gasteiger partial charge on any atom is -0.358 e. The first-order valence-corrected chi connectivity index (χ1v) is 10.6. The summed E-state index contributed by atoms with van der Waals surface area (Å²) in [6.45, 7) is 0.270. The van der Waals surface area contributed by atoms with Gasteiger partial charge in [0.2, 0.25) is 11.8 Å². The predicted octanol–water partition coefficient (Wildman–Crippen LogP) is 4.67. The Kier molecular flexibility index (Phi) is 7.27. The first-order valence-electron chi connectivity index (χ1n) is 9.36. The summed E-state index contributed by atoms with van der Waals surface area (Å²) in [6.07, 6.45) is -4.03. The van der Waals surface area contributed by atoms with Gasteiger partial charge >= 0.3 is 6.18 Å². The number of nitrogens with one attached hydrogen (secondary N) is 1. The van der Waals surface area contributed by atoms with Crippen molar-refractivity contribution in [3.8, 4) is 0 Å². The van der Waals surface area contributed by atoms with E-state index in [2.05, 4.69) is 10.3 Å². The number of halogens is 4. The highest BCUT2D eigenvalue weighted by Crippen LogP contribution is 2.33. The lowest BCUT2D eigenvalue weighted by molar-refractivity contribution is -0.137. The number of amidine groups is 1. The van der Waals surface area contributed by atoms with Crippen molar-refractivity contribution in [3.05, 3.63) is 64.7 Å². The molecule has 2 amide bonds. The Morgan fingerprint density at radius 3 is 2.61 bits per heavy atom. The van der Waals surface area contributed by atoms with Gasteiger partial charge in [-0.3, -0.25) is 14.5 Å². The third kappa shape index (κ3) is 6.01. The summed E-state index contributed by atoms with van der Waals surface area (Å²) in [5, 5.41) is 2.58. The van der Waals surface area contributed by atoms with Crippen molar-refractivity contribution in [2.24, 2.45) is 4.99 Å². The minimum atomic E-state index is -4.51. The molecule has 1 aliphatic heterocycles. The highest BCUT2D eigenvalue weighted by atomic mass is 35.5. The molecule has 2 aromatic carbocycles. The molecule has 5 nitrogen and oxygen atoms in total. The molecule has 0 saturated carbocycles. The lowest BCUT2D eigenvalue weighted by atomic mass is 10.1. The van der Waals surface area contributed by atoms with Crippen molar-refractivity contribution in [1.29, 1.82) is 0 Å². The van der Waals surface area contributed by atoms with Gasteiger partial charge in [0.15, 0.2) is 5.17 Å². The number of carbonyl (C=O) groups is 2.